The zero-order valence-corrected chi connectivity index (χ0v) is 20.7. The summed E-state index contributed by atoms with van der Waals surface area (Å²) < 4.78 is 27.9. The summed E-state index contributed by atoms with van der Waals surface area (Å²) in [5.41, 5.74) is 0.430. The molecule has 1 spiro atoms. The fourth-order valence-corrected chi connectivity index (χ4v) is 6.10. The van der Waals surface area contributed by atoms with Crippen molar-refractivity contribution in [3.8, 4) is 0 Å². The molecule has 2 aromatic rings. The lowest BCUT2D eigenvalue weighted by Crippen LogP contribution is -2.49. The van der Waals surface area contributed by atoms with E-state index in [2.05, 4.69) is 35.8 Å². The molecule has 0 aliphatic carbocycles. The minimum absolute atomic E-state index is 0.0166. The number of carbonyl (C=O) groups is 2. The van der Waals surface area contributed by atoms with Gasteiger partial charge in [0.1, 0.15) is 11.8 Å². The number of sulfonamides is 1. The zero-order chi connectivity index (χ0) is 25.9. The van der Waals surface area contributed by atoms with Crippen LogP contribution in [-0.2, 0) is 24.4 Å². The summed E-state index contributed by atoms with van der Waals surface area (Å²) in [5, 5.41) is 22.5. The van der Waals surface area contributed by atoms with Crippen LogP contribution in [0.1, 0.15) is 24.0 Å². The molecule has 14 heteroatoms. The number of amides is 1. The summed E-state index contributed by atoms with van der Waals surface area (Å²) in [4.78, 5) is 37.1. The van der Waals surface area contributed by atoms with Gasteiger partial charge < -0.3 is 30.9 Å². The first-order valence-electron chi connectivity index (χ1n) is 11.4. The van der Waals surface area contributed by atoms with Gasteiger partial charge in [-0.25, -0.2) is 13.4 Å². The Hall–Kier alpha value is -3.49. The number of carbonyl (C=O) groups excluding carboxylic acids is 1. The van der Waals surface area contributed by atoms with Crippen molar-refractivity contribution >= 4 is 33.6 Å². The molecular weight excluding hydrogens is 490 g/mol. The second-order valence-electron chi connectivity index (χ2n) is 9.03. The maximum atomic E-state index is 12.9. The van der Waals surface area contributed by atoms with Gasteiger partial charge in [-0.05, 0) is 25.0 Å². The Balaban J connectivity index is 1.31. The average molecular weight is 520 g/mol. The van der Waals surface area contributed by atoms with Gasteiger partial charge in [0, 0.05) is 50.9 Å². The van der Waals surface area contributed by atoms with E-state index in [4.69, 9.17) is 4.84 Å². The molecule has 1 saturated heterocycles. The fourth-order valence-electron chi connectivity index (χ4n) is 4.44. The first-order chi connectivity index (χ1) is 17.1. The van der Waals surface area contributed by atoms with Crippen molar-refractivity contribution in [1.29, 1.82) is 0 Å². The van der Waals surface area contributed by atoms with Crippen LogP contribution >= 0.6 is 0 Å². The maximum Gasteiger partial charge on any atom is 0.323 e. The van der Waals surface area contributed by atoms with Crippen molar-refractivity contribution in [2.45, 2.75) is 49.3 Å². The number of hydrogen-bond acceptors (Lipinski definition) is 9. The van der Waals surface area contributed by atoms with Gasteiger partial charge in [-0.2, -0.15) is 4.72 Å². The van der Waals surface area contributed by atoms with E-state index >= 15 is 0 Å². The van der Waals surface area contributed by atoms with E-state index in [1.54, 1.807) is 44.4 Å². The molecule has 2 aliphatic heterocycles. The van der Waals surface area contributed by atoms with Crippen molar-refractivity contribution in [3.05, 3.63) is 41.7 Å². The number of imidazole rings is 1. The van der Waals surface area contributed by atoms with Gasteiger partial charge >= 0.3 is 5.97 Å². The first-order valence-corrected chi connectivity index (χ1v) is 12.9. The third kappa shape index (κ3) is 5.66. The minimum Gasteiger partial charge on any atom is -0.480 e. The van der Waals surface area contributed by atoms with Crippen LogP contribution in [0.2, 0.25) is 0 Å². The highest BCUT2D eigenvalue weighted by Gasteiger charge is 2.47. The van der Waals surface area contributed by atoms with Crippen molar-refractivity contribution in [3.63, 3.8) is 0 Å². The number of nitrogens with one attached hydrogen (secondary N) is 5. The Morgan fingerprint density at radius 3 is 2.72 bits per heavy atom. The molecule has 1 fully saturated rings. The number of hydrogen-bond donors (Lipinski definition) is 6. The smallest absolute Gasteiger partial charge is 0.323 e. The van der Waals surface area contributed by atoms with Crippen molar-refractivity contribution in [1.82, 2.24) is 25.3 Å². The second-order valence-corrected chi connectivity index (χ2v) is 10.7. The molecule has 13 nitrogen and oxygen atoms in total. The molecule has 194 valence electrons. The average Bonchev–Trinajstić information content (AvgIpc) is 3.57. The number of oxime groups is 1. The van der Waals surface area contributed by atoms with Crippen molar-refractivity contribution < 1.29 is 28.0 Å². The van der Waals surface area contributed by atoms with Gasteiger partial charge in [0.25, 0.3) is 5.91 Å². The Bertz CT molecular complexity index is 1240. The molecular formula is C22H29N7O6S. The van der Waals surface area contributed by atoms with E-state index in [0.717, 1.165) is 0 Å². The van der Waals surface area contributed by atoms with Gasteiger partial charge in [-0.1, -0.05) is 23.4 Å². The summed E-state index contributed by atoms with van der Waals surface area (Å²) in [6.45, 7) is 3.88. The maximum absolute atomic E-state index is 12.9. The van der Waals surface area contributed by atoms with Gasteiger partial charge in [0.2, 0.25) is 10.0 Å². The lowest BCUT2D eigenvalue weighted by Gasteiger charge is -2.19. The van der Waals surface area contributed by atoms with E-state index in [1.165, 1.54) is 0 Å². The number of aromatic amines is 1. The molecule has 3 atom stereocenters. The molecule has 0 saturated carbocycles. The van der Waals surface area contributed by atoms with Crippen LogP contribution in [0, 0.1) is 13.8 Å². The van der Waals surface area contributed by atoms with Gasteiger partial charge in [-0.15, -0.1) is 0 Å². The highest BCUT2D eigenvalue weighted by molar-refractivity contribution is 7.89. The third-order valence-corrected chi connectivity index (χ3v) is 7.96. The number of aromatic nitrogens is 2. The van der Waals surface area contributed by atoms with Crippen LogP contribution in [0.5, 0.6) is 0 Å². The van der Waals surface area contributed by atoms with E-state index in [0.29, 0.717) is 36.6 Å². The number of carboxylic acid groups (broad SMARTS) is 1. The largest absolute Gasteiger partial charge is 0.480 e. The Morgan fingerprint density at radius 2 is 2.06 bits per heavy atom. The summed E-state index contributed by atoms with van der Waals surface area (Å²) in [6, 6.07) is 3.47. The molecule has 36 heavy (non-hydrogen) atoms. The minimum atomic E-state index is -4.14. The number of carboxylic acids is 1. The van der Waals surface area contributed by atoms with Gasteiger partial charge in [0.05, 0.1) is 4.90 Å². The standard InChI is InChI=1S/C22H29N7O6S/c1-13-4-3-5-14(2)18(13)36(33,34)29-17(20(31)32)11-25-19(30)16-9-22(35-28-16)8-15(27-12-22)10-26-21-23-6-7-24-21/h3-7,15,17,27,29H,8-12H2,1-2H3,(H,25,30)(H,31,32)(H2,23,24,26)/t15?,17-,22?/m0/s1. The van der Waals surface area contributed by atoms with Crippen molar-refractivity contribution in [2.75, 3.05) is 25.0 Å². The fraction of sp³-hybridized carbons (Fsp3) is 0.455. The summed E-state index contributed by atoms with van der Waals surface area (Å²) in [7, 11) is -4.14. The summed E-state index contributed by atoms with van der Waals surface area (Å²) in [6.07, 6.45) is 4.21. The number of nitrogens with zero attached hydrogens (tertiary/aromatic N) is 2. The van der Waals surface area contributed by atoms with Crippen LogP contribution < -0.4 is 20.7 Å². The third-order valence-electron chi connectivity index (χ3n) is 6.19. The predicted octanol–water partition coefficient (Wildman–Crippen LogP) is -0.137. The lowest BCUT2D eigenvalue weighted by molar-refractivity contribution is -0.138. The number of H-pyrrole nitrogens is 1. The van der Waals surface area contributed by atoms with E-state index in [1.807, 2.05) is 0 Å². The molecule has 1 amide bonds. The van der Waals surface area contributed by atoms with E-state index in [9.17, 15) is 23.1 Å². The first kappa shape index (κ1) is 25.6. The Labute approximate surface area is 208 Å². The highest BCUT2D eigenvalue weighted by atomic mass is 32.2. The Kier molecular flexibility index (Phi) is 7.28. The molecule has 3 heterocycles. The number of anilines is 1. The van der Waals surface area contributed by atoms with Crippen molar-refractivity contribution in [2.24, 2.45) is 5.16 Å². The Morgan fingerprint density at radius 1 is 1.31 bits per heavy atom. The number of rotatable bonds is 10. The lowest BCUT2D eigenvalue weighted by atomic mass is 9.94. The van der Waals surface area contributed by atoms with Gasteiger partial charge in [-0.3, -0.25) is 9.59 Å². The number of aryl methyl sites for hydroxylation is 2. The molecule has 6 N–H and O–H groups in total. The normalized spacial score (nSPS) is 22.2. The second kappa shape index (κ2) is 10.2. The summed E-state index contributed by atoms with van der Waals surface area (Å²) >= 11 is 0. The topological polar surface area (TPSA) is 187 Å². The molecule has 0 bridgehead atoms. The van der Waals surface area contributed by atoms with Crippen LogP contribution in [0.25, 0.3) is 0 Å². The molecule has 1 aromatic carbocycles. The van der Waals surface area contributed by atoms with E-state index in [-0.39, 0.29) is 23.1 Å². The molecule has 1 aromatic heterocycles. The van der Waals surface area contributed by atoms with Crippen LogP contribution in [0.15, 0.2) is 40.6 Å². The monoisotopic (exact) mass is 519 g/mol. The van der Waals surface area contributed by atoms with E-state index < -0.39 is 40.1 Å². The molecule has 2 unspecified atom stereocenters. The predicted molar refractivity (Wildman–Crippen MR) is 130 cm³/mol. The van der Waals surface area contributed by atoms with Crippen LogP contribution in [-0.4, -0.2) is 78.4 Å². The quantitative estimate of drug-likeness (QED) is 0.248. The molecule has 0 radical (unpaired) electrons. The van der Waals surface area contributed by atoms with Gasteiger partial charge in [0.15, 0.2) is 11.5 Å². The SMILES string of the molecule is Cc1cccc(C)c1S(=O)(=O)N[C@@H](CNC(=O)C1=NOC2(CNC(CNc3ncc[nH]3)C2)C1)C(=O)O. The zero-order valence-electron chi connectivity index (χ0n) is 19.9. The van der Waals surface area contributed by atoms with Crippen LogP contribution in [0.3, 0.4) is 0 Å². The molecule has 2 aliphatic rings. The number of benzene rings is 1. The van der Waals surface area contributed by atoms with Crippen LogP contribution in [0.4, 0.5) is 5.95 Å². The highest BCUT2D eigenvalue weighted by Crippen LogP contribution is 2.32. The summed E-state index contributed by atoms with van der Waals surface area (Å²) in [5.74, 6) is -1.37. The number of aliphatic carboxylic acids is 1. The molecule has 4 rings (SSSR count).